The minimum Gasteiger partial charge on any atom is -0.496 e. The van der Waals surface area contributed by atoms with Gasteiger partial charge in [0.05, 0.1) is 30.4 Å². The van der Waals surface area contributed by atoms with Crippen LogP contribution in [0.25, 0.3) is 21.9 Å². The first-order valence-electron chi connectivity index (χ1n) is 14.1. The summed E-state index contributed by atoms with van der Waals surface area (Å²) in [5.74, 6) is 0.450. The molecule has 42 heavy (non-hydrogen) atoms. The summed E-state index contributed by atoms with van der Waals surface area (Å²) in [5, 5.41) is 11.2. The van der Waals surface area contributed by atoms with Gasteiger partial charge in [-0.15, -0.1) is 0 Å². The maximum absolute atomic E-state index is 13.7. The quantitative estimate of drug-likeness (QED) is 0.337. The lowest BCUT2D eigenvalue weighted by atomic mass is 9.82. The summed E-state index contributed by atoms with van der Waals surface area (Å²) >= 11 is 0. The van der Waals surface area contributed by atoms with Gasteiger partial charge < -0.3 is 19.5 Å². The number of amides is 1. The van der Waals surface area contributed by atoms with Crippen molar-refractivity contribution in [3.63, 3.8) is 0 Å². The van der Waals surface area contributed by atoms with E-state index in [1.54, 1.807) is 25.4 Å². The first kappa shape index (κ1) is 26.1. The lowest BCUT2D eigenvalue weighted by molar-refractivity contribution is -0.00571. The van der Waals surface area contributed by atoms with Crippen molar-refractivity contribution < 1.29 is 29.0 Å². The average molecular weight is 564 g/mol. The fourth-order valence-electron chi connectivity index (χ4n) is 6.21. The number of ether oxygens (including phenoxy) is 2. The van der Waals surface area contributed by atoms with Gasteiger partial charge in [-0.3, -0.25) is 19.6 Å². The molecule has 9 heteroatoms. The second-order valence-corrected chi connectivity index (χ2v) is 11.4. The summed E-state index contributed by atoms with van der Waals surface area (Å²) in [4.78, 5) is 48.9. The zero-order valence-corrected chi connectivity index (χ0v) is 23.1. The number of ketones is 1. The number of likely N-dealkylation sites (tertiary alicyclic amines) is 1. The summed E-state index contributed by atoms with van der Waals surface area (Å²) in [6, 6.07) is 12.5. The van der Waals surface area contributed by atoms with E-state index >= 15 is 0 Å². The van der Waals surface area contributed by atoms with Crippen LogP contribution >= 0.6 is 0 Å². The SMILES string of the molecule is COc1cc(C(=O)N2CCC3(CC2)CC(=O)c2cc(-c4cncc(C(=O)O)c4)ccc2O3)cc2c(C3CC3)nccc12. The van der Waals surface area contributed by atoms with Gasteiger partial charge in [-0.2, -0.15) is 0 Å². The van der Waals surface area contributed by atoms with Crippen molar-refractivity contribution in [1.29, 1.82) is 0 Å². The van der Waals surface area contributed by atoms with Gasteiger partial charge in [0, 0.05) is 72.3 Å². The standard InChI is InChI=1S/C33H29N3O6/c1-41-29-15-21(14-25-24(29)6-9-35-30(25)19-2-3-19)31(38)36-10-7-33(8-11-36)16-27(37)26-13-20(4-5-28(26)42-33)22-12-23(32(39)40)18-34-17-22/h4-6,9,12-15,17-19H,2-3,7-8,10-11,16H2,1H3,(H,39,40). The Balaban J connectivity index is 1.10. The van der Waals surface area contributed by atoms with Gasteiger partial charge >= 0.3 is 5.97 Å². The van der Waals surface area contributed by atoms with E-state index in [4.69, 9.17) is 9.47 Å². The van der Waals surface area contributed by atoms with Crippen LogP contribution in [0, 0.1) is 0 Å². The van der Waals surface area contributed by atoms with E-state index in [0.717, 1.165) is 29.3 Å². The van der Waals surface area contributed by atoms with Crippen LogP contribution in [-0.4, -0.2) is 63.4 Å². The van der Waals surface area contributed by atoms with Crippen LogP contribution in [0.15, 0.2) is 61.1 Å². The molecule has 1 aliphatic carbocycles. The normalized spacial score (nSPS) is 17.5. The molecule has 1 amide bonds. The molecule has 4 aromatic rings. The number of nitrogens with zero attached hydrogens (tertiary/aromatic N) is 3. The number of hydrogen-bond donors (Lipinski definition) is 1. The van der Waals surface area contributed by atoms with E-state index in [-0.39, 0.29) is 23.7 Å². The number of rotatable bonds is 5. The Morgan fingerprint density at radius 3 is 2.55 bits per heavy atom. The fraction of sp³-hybridized carbons (Fsp3) is 0.303. The topological polar surface area (TPSA) is 119 Å². The number of carbonyl (C=O) groups is 3. The van der Waals surface area contributed by atoms with E-state index in [1.807, 2.05) is 35.4 Å². The predicted octanol–water partition coefficient (Wildman–Crippen LogP) is 5.52. The molecular formula is C33H29N3O6. The maximum atomic E-state index is 13.7. The third-order valence-corrected chi connectivity index (χ3v) is 8.67. The number of piperidine rings is 1. The summed E-state index contributed by atoms with van der Waals surface area (Å²) in [6.07, 6.45) is 8.19. The molecular weight excluding hydrogens is 534 g/mol. The molecule has 1 saturated carbocycles. The van der Waals surface area contributed by atoms with Gasteiger partial charge in [-0.25, -0.2) is 4.79 Å². The molecule has 212 valence electrons. The van der Waals surface area contributed by atoms with E-state index in [9.17, 15) is 19.5 Å². The van der Waals surface area contributed by atoms with Crippen molar-refractivity contribution in [3.8, 4) is 22.6 Å². The number of pyridine rings is 2. The largest absolute Gasteiger partial charge is 0.496 e. The van der Waals surface area contributed by atoms with Gasteiger partial charge in [0.1, 0.15) is 17.1 Å². The molecule has 2 aliphatic heterocycles. The smallest absolute Gasteiger partial charge is 0.337 e. The fourth-order valence-corrected chi connectivity index (χ4v) is 6.21. The van der Waals surface area contributed by atoms with E-state index in [2.05, 4.69) is 9.97 Å². The third-order valence-electron chi connectivity index (χ3n) is 8.67. The number of carbonyl (C=O) groups excluding carboxylic acids is 2. The number of aromatic carboxylic acids is 1. The molecule has 1 saturated heterocycles. The lowest BCUT2D eigenvalue weighted by Crippen LogP contribution is -2.52. The number of benzene rings is 2. The van der Waals surface area contributed by atoms with Crippen molar-refractivity contribution in [1.82, 2.24) is 14.9 Å². The maximum Gasteiger partial charge on any atom is 0.337 e. The lowest BCUT2D eigenvalue weighted by Gasteiger charge is -2.44. The Kier molecular flexibility index (Phi) is 6.18. The molecule has 2 fully saturated rings. The van der Waals surface area contributed by atoms with Crippen LogP contribution in [0.1, 0.15) is 74.8 Å². The van der Waals surface area contributed by atoms with Gasteiger partial charge in [0.25, 0.3) is 5.91 Å². The van der Waals surface area contributed by atoms with Gasteiger partial charge in [-0.1, -0.05) is 6.07 Å². The molecule has 0 atom stereocenters. The highest BCUT2D eigenvalue weighted by Crippen LogP contribution is 2.44. The minimum absolute atomic E-state index is 0.0282. The highest BCUT2D eigenvalue weighted by atomic mass is 16.5. The third kappa shape index (κ3) is 4.55. The van der Waals surface area contributed by atoms with Crippen LogP contribution in [-0.2, 0) is 0 Å². The van der Waals surface area contributed by atoms with Gasteiger partial charge in [-0.05, 0) is 54.8 Å². The molecule has 0 radical (unpaired) electrons. The minimum atomic E-state index is -1.06. The van der Waals surface area contributed by atoms with Crippen LogP contribution in [0.4, 0.5) is 0 Å². The molecule has 1 spiro atoms. The number of aromatic nitrogens is 2. The molecule has 7 rings (SSSR count). The summed E-state index contributed by atoms with van der Waals surface area (Å²) in [7, 11) is 1.62. The van der Waals surface area contributed by atoms with Gasteiger partial charge in [0.15, 0.2) is 5.78 Å². The average Bonchev–Trinajstić information content (AvgIpc) is 3.86. The van der Waals surface area contributed by atoms with Crippen molar-refractivity contribution in [3.05, 3.63) is 83.4 Å². The molecule has 1 N–H and O–H groups in total. The Labute approximate surface area is 242 Å². The number of hydrogen-bond acceptors (Lipinski definition) is 7. The van der Waals surface area contributed by atoms with Crippen molar-refractivity contribution in [2.45, 2.75) is 43.6 Å². The second kappa shape index (κ2) is 9.94. The first-order chi connectivity index (χ1) is 20.3. The number of Topliss-reactive ketones (excluding diaryl/α,β-unsaturated/α-hetero) is 1. The Morgan fingerprint density at radius 1 is 1.00 bits per heavy atom. The summed E-state index contributed by atoms with van der Waals surface area (Å²) in [6.45, 7) is 0.937. The van der Waals surface area contributed by atoms with E-state index in [0.29, 0.717) is 65.6 Å². The Bertz CT molecular complexity index is 1770. The molecule has 2 aromatic heterocycles. The van der Waals surface area contributed by atoms with Gasteiger partial charge in [0.2, 0.25) is 0 Å². The van der Waals surface area contributed by atoms with Crippen LogP contribution in [0.5, 0.6) is 11.5 Å². The van der Waals surface area contributed by atoms with Crippen molar-refractivity contribution in [2.75, 3.05) is 20.2 Å². The van der Waals surface area contributed by atoms with Crippen LogP contribution in [0.3, 0.4) is 0 Å². The molecule has 9 nitrogen and oxygen atoms in total. The summed E-state index contributed by atoms with van der Waals surface area (Å²) < 4.78 is 12.1. The Hall–Kier alpha value is -4.79. The van der Waals surface area contributed by atoms with Crippen molar-refractivity contribution in [2.24, 2.45) is 0 Å². The zero-order valence-electron chi connectivity index (χ0n) is 23.1. The molecule has 0 unspecified atom stereocenters. The van der Waals surface area contributed by atoms with E-state index in [1.165, 1.54) is 12.3 Å². The monoisotopic (exact) mass is 563 g/mol. The number of carboxylic acids is 1. The highest BCUT2D eigenvalue weighted by molar-refractivity contribution is 6.03. The molecule has 4 heterocycles. The number of methoxy groups -OCH3 is 1. The Morgan fingerprint density at radius 2 is 1.81 bits per heavy atom. The second-order valence-electron chi connectivity index (χ2n) is 11.4. The number of fused-ring (bicyclic) bond motifs is 2. The summed E-state index contributed by atoms with van der Waals surface area (Å²) in [5.41, 5.74) is 2.80. The highest BCUT2D eigenvalue weighted by Gasteiger charge is 2.44. The van der Waals surface area contributed by atoms with Crippen LogP contribution in [0.2, 0.25) is 0 Å². The molecule has 2 aromatic carbocycles. The predicted molar refractivity (Wildman–Crippen MR) is 154 cm³/mol. The molecule has 0 bridgehead atoms. The zero-order chi connectivity index (χ0) is 29.0. The van der Waals surface area contributed by atoms with Crippen LogP contribution < -0.4 is 9.47 Å². The molecule has 3 aliphatic rings. The first-order valence-corrected chi connectivity index (χ1v) is 14.1. The van der Waals surface area contributed by atoms with E-state index < -0.39 is 11.6 Å². The number of carboxylic acid groups (broad SMARTS) is 1. The van der Waals surface area contributed by atoms with Crippen molar-refractivity contribution >= 4 is 28.4 Å².